The molecule has 6 atom stereocenters. The molecule has 17 heteroatoms. The van der Waals surface area contributed by atoms with Gasteiger partial charge in [-0.1, -0.05) is 114 Å². The second kappa shape index (κ2) is 31.5. The molecular weight excluding hydrogens is 827 g/mol. The number of aliphatic hydroxyl groups excluding tert-OH is 2. The van der Waals surface area contributed by atoms with Crippen molar-refractivity contribution in [3.05, 3.63) is 54.1 Å². The Balaban J connectivity index is 2.01. The van der Waals surface area contributed by atoms with Crippen molar-refractivity contribution in [3.63, 3.8) is 0 Å². The lowest BCUT2D eigenvalue weighted by Crippen LogP contribution is -2.50. The number of carbonyl (C=O) groups excluding carboxylic acids is 6. The van der Waals surface area contributed by atoms with E-state index in [1.807, 2.05) is 0 Å². The van der Waals surface area contributed by atoms with Crippen molar-refractivity contribution in [2.75, 3.05) is 13.2 Å². The van der Waals surface area contributed by atoms with Crippen LogP contribution in [0.15, 0.2) is 42.9 Å². The van der Waals surface area contributed by atoms with Gasteiger partial charge in [0.15, 0.2) is 11.6 Å². The van der Waals surface area contributed by atoms with Crippen LogP contribution < -0.4 is 16.0 Å². The van der Waals surface area contributed by atoms with Gasteiger partial charge in [0.2, 0.25) is 17.7 Å². The monoisotopic (exact) mass is 898 g/mol. The van der Waals surface area contributed by atoms with Crippen LogP contribution >= 0.6 is 0 Å². The van der Waals surface area contributed by atoms with Gasteiger partial charge in [-0.05, 0) is 25.3 Å². The molecule has 2 aromatic rings. The zero-order chi connectivity index (χ0) is 47.3. The number of unbranched alkanes of at least 4 members (excludes halogenated alkanes) is 12. The summed E-state index contributed by atoms with van der Waals surface area (Å²) in [4.78, 5) is 110. The van der Waals surface area contributed by atoms with Crippen LogP contribution in [0.5, 0.6) is 0 Å². The smallest absolute Gasteiger partial charge is 0.328 e. The number of hydrogen-bond acceptors (Lipinski definition) is 11. The zero-order valence-corrected chi connectivity index (χ0v) is 37.6. The fraction of sp³-hybridized carbons (Fsp3) is 0.638. The summed E-state index contributed by atoms with van der Waals surface area (Å²) in [6.07, 6.45) is 15.9. The third-order valence-corrected chi connectivity index (χ3v) is 11.3. The molecule has 0 saturated heterocycles. The van der Waals surface area contributed by atoms with Gasteiger partial charge in [-0.3, -0.25) is 33.6 Å². The fourth-order valence-electron chi connectivity index (χ4n) is 7.47. The summed E-state index contributed by atoms with van der Waals surface area (Å²) in [6.45, 7) is 1.81. The Hall–Kier alpha value is -5.29. The molecule has 0 aliphatic rings. The van der Waals surface area contributed by atoms with Crippen molar-refractivity contribution < 1.29 is 58.8 Å². The number of imidazole rings is 1. The van der Waals surface area contributed by atoms with Crippen molar-refractivity contribution in [3.8, 4) is 0 Å². The van der Waals surface area contributed by atoms with Crippen molar-refractivity contribution in [1.82, 2.24) is 25.9 Å². The molecule has 0 aliphatic carbocycles. The van der Waals surface area contributed by atoms with Crippen molar-refractivity contribution in [2.24, 2.45) is 17.8 Å². The largest absolute Gasteiger partial charge is 0.481 e. The Morgan fingerprint density at radius 1 is 0.609 bits per heavy atom. The highest BCUT2D eigenvalue weighted by molar-refractivity contribution is 5.97. The van der Waals surface area contributed by atoms with Gasteiger partial charge in [-0.15, -0.1) is 0 Å². The topological polar surface area (TPSA) is 282 Å². The number of Topliss-reactive ketones (excluding diaryl/α,β-unsaturated/α-hetero) is 3. The van der Waals surface area contributed by atoms with E-state index < -0.39 is 110 Å². The number of carboxylic acids is 2. The van der Waals surface area contributed by atoms with E-state index in [4.69, 9.17) is 0 Å². The van der Waals surface area contributed by atoms with E-state index in [9.17, 15) is 58.8 Å². The van der Waals surface area contributed by atoms with Gasteiger partial charge in [0, 0.05) is 49.9 Å². The molecule has 3 amide bonds. The number of aliphatic hydroxyl groups is 2. The summed E-state index contributed by atoms with van der Waals surface area (Å²) >= 11 is 0. The molecule has 0 unspecified atom stereocenters. The number of ketones is 3. The van der Waals surface area contributed by atoms with Crippen LogP contribution in [-0.4, -0.2) is 109 Å². The number of hydrogen-bond donors (Lipinski definition) is 8. The van der Waals surface area contributed by atoms with Crippen LogP contribution in [0.4, 0.5) is 0 Å². The van der Waals surface area contributed by atoms with Crippen LogP contribution in [-0.2, 0) is 51.2 Å². The molecule has 0 saturated carbocycles. The van der Waals surface area contributed by atoms with E-state index in [0.29, 0.717) is 17.7 Å². The molecule has 0 fully saturated rings. The van der Waals surface area contributed by atoms with Crippen LogP contribution in [0, 0.1) is 17.8 Å². The van der Waals surface area contributed by atoms with Crippen molar-refractivity contribution in [1.29, 1.82) is 0 Å². The van der Waals surface area contributed by atoms with E-state index in [1.165, 1.54) is 70.8 Å². The number of aliphatic carboxylic acids is 2. The summed E-state index contributed by atoms with van der Waals surface area (Å²) in [6, 6.07) is 4.20. The molecule has 17 nitrogen and oxygen atoms in total. The van der Waals surface area contributed by atoms with Crippen LogP contribution in [0.2, 0.25) is 0 Å². The highest BCUT2D eigenvalue weighted by Crippen LogP contribution is 2.19. The Kier molecular flexibility index (Phi) is 27.0. The first-order valence-electron chi connectivity index (χ1n) is 22.8. The predicted molar refractivity (Wildman–Crippen MR) is 238 cm³/mol. The highest BCUT2D eigenvalue weighted by atomic mass is 16.4. The number of carbonyl (C=O) groups is 8. The molecule has 356 valence electrons. The number of rotatable bonds is 37. The fourth-order valence-corrected chi connectivity index (χ4v) is 7.47. The molecule has 64 heavy (non-hydrogen) atoms. The molecule has 0 spiro atoms. The van der Waals surface area contributed by atoms with Gasteiger partial charge in [0.05, 0.1) is 43.8 Å². The van der Waals surface area contributed by atoms with Gasteiger partial charge < -0.3 is 41.4 Å². The maximum absolute atomic E-state index is 13.8. The molecule has 1 heterocycles. The molecule has 8 N–H and O–H groups in total. The Morgan fingerprint density at radius 2 is 1.12 bits per heavy atom. The molecular formula is C47H71N5O12. The van der Waals surface area contributed by atoms with Gasteiger partial charge in [-0.25, -0.2) is 9.78 Å². The first-order chi connectivity index (χ1) is 30.7. The molecule has 1 aromatic carbocycles. The Morgan fingerprint density at radius 3 is 1.64 bits per heavy atom. The number of aromatic nitrogens is 2. The van der Waals surface area contributed by atoms with Gasteiger partial charge >= 0.3 is 11.9 Å². The van der Waals surface area contributed by atoms with E-state index in [-0.39, 0.29) is 31.5 Å². The SMILES string of the molecule is CCCCCCCCCCCCCCCC(=O)C[C@@H](CC(=O)O)C(=O)N[C@@H](C)C(=O)C[C@@H](Cc1cnc[nH]1)C(=O)N[C@@H](CO)C(=O)C[C@@H](Cc1ccccc1)C(=O)N[C@@H](CO)C(=O)O. The zero-order valence-electron chi connectivity index (χ0n) is 37.6. The first kappa shape index (κ1) is 54.8. The highest BCUT2D eigenvalue weighted by Gasteiger charge is 2.34. The first-order valence-corrected chi connectivity index (χ1v) is 22.8. The summed E-state index contributed by atoms with van der Waals surface area (Å²) in [5.74, 6) is -10.3. The van der Waals surface area contributed by atoms with Crippen molar-refractivity contribution in [2.45, 2.75) is 160 Å². The maximum atomic E-state index is 13.8. The number of H-pyrrole nitrogens is 1. The summed E-state index contributed by atoms with van der Waals surface area (Å²) in [5.41, 5.74) is 1.10. The van der Waals surface area contributed by atoms with E-state index >= 15 is 0 Å². The predicted octanol–water partition coefficient (Wildman–Crippen LogP) is 4.42. The van der Waals surface area contributed by atoms with Crippen LogP contribution in [0.25, 0.3) is 0 Å². The summed E-state index contributed by atoms with van der Waals surface area (Å²) < 4.78 is 0. The minimum atomic E-state index is -1.63. The molecule has 0 radical (unpaired) electrons. The number of aromatic amines is 1. The second-order valence-corrected chi connectivity index (χ2v) is 16.8. The van der Waals surface area contributed by atoms with E-state index in [2.05, 4.69) is 32.8 Å². The van der Waals surface area contributed by atoms with Crippen LogP contribution in [0.3, 0.4) is 0 Å². The van der Waals surface area contributed by atoms with Crippen LogP contribution in [0.1, 0.15) is 141 Å². The standard InChI is InChI=1S/C47H71N5O12/c1-3-4-5-6-7-8-9-10-11-12-13-14-18-21-38(55)24-36(27-43(58)59)44(60)50-32(2)41(56)25-35(23-37-28-48-31-49-37)46(62)51-39(29-53)42(57)26-34(22-33-19-16-15-17-20-33)45(61)52-40(30-54)47(63)64/h15-17,19-20,28,31-32,34-36,39-40,53-54H,3-14,18,21-27,29-30H2,1-2H3,(H,48,49)(H,50,60)(H,51,62)(H,52,61)(H,58,59)(H,63,64)/t32-,34+,35+,36-,39-,40-/m0/s1. The van der Waals surface area contributed by atoms with Gasteiger partial charge in [-0.2, -0.15) is 0 Å². The third kappa shape index (κ3) is 22.4. The number of benzene rings is 1. The normalized spacial score (nSPS) is 14.0. The molecule has 0 aliphatic heterocycles. The van der Waals surface area contributed by atoms with E-state index in [0.717, 1.165) is 25.7 Å². The second-order valence-electron chi connectivity index (χ2n) is 16.8. The van der Waals surface area contributed by atoms with E-state index in [1.54, 1.807) is 30.3 Å². The maximum Gasteiger partial charge on any atom is 0.328 e. The molecule has 0 bridgehead atoms. The van der Waals surface area contributed by atoms with Crippen molar-refractivity contribution >= 4 is 47.0 Å². The average molecular weight is 898 g/mol. The Labute approximate surface area is 376 Å². The number of amides is 3. The summed E-state index contributed by atoms with van der Waals surface area (Å²) in [7, 11) is 0. The number of nitrogens with one attached hydrogen (secondary N) is 4. The molecule has 1 aromatic heterocycles. The lowest BCUT2D eigenvalue weighted by molar-refractivity contribution is -0.144. The number of nitrogens with zero attached hydrogens (tertiary/aromatic N) is 1. The third-order valence-electron chi connectivity index (χ3n) is 11.3. The molecule has 2 rings (SSSR count). The van der Waals surface area contributed by atoms with Gasteiger partial charge in [0.25, 0.3) is 0 Å². The lowest BCUT2D eigenvalue weighted by Gasteiger charge is -2.24. The van der Waals surface area contributed by atoms with Gasteiger partial charge in [0.1, 0.15) is 17.9 Å². The number of carboxylic acid groups (broad SMARTS) is 2. The summed E-state index contributed by atoms with van der Waals surface area (Å²) in [5, 5.41) is 45.7. The Bertz CT molecular complexity index is 1740. The average Bonchev–Trinajstić information content (AvgIpc) is 3.78. The lowest BCUT2D eigenvalue weighted by atomic mass is 9.90. The quantitative estimate of drug-likeness (QED) is 0.0437. The minimum absolute atomic E-state index is 0.0101. The minimum Gasteiger partial charge on any atom is -0.481 e.